The first-order valence-electron chi connectivity index (χ1n) is 7.83. The van der Waals surface area contributed by atoms with E-state index in [1.807, 2.05) is 48.5 Å². The van der Waals surface area contributed by atoms with Gasteiger partial charge in [-0.2, -0.15) is 0 Å². The molecule has 2 aromatic rings. The maximum atomic E-state index is 12.2. The van der Waals surface area contributed by atoms with Crippen molar-refractivity contribution in [2.45, 2.75) is 0 Å². The molecule has 0 saturated carbocycles. The van der Waals surface area contributed by atoms with Crippen molar-refractivity contribution in [3.8, 4) is 16.9 Å². The van der Waals surface area contributed by atoms with Crippen LogP contribution in [0.15, 0.2) is 60.3 Å². The molecule has 1 aliphatic rings. The van der Waals surface area contributed by atoms with Crippen LogP contribution in [0.5, 0.6) is 5.75 Å². The Morgan fingerprint density at radius 1 is 1.12 bits per heavy atom. The summed E-state index contributed by atoms with van der Waals surface area (Å²) >= 11 is 0. The molecule has 25 heavy (non-hydrogen) atoms. The topological polar surface area (TPSA) is 78.9 Å². The normalized spacial score (nSPS) is 13.8. The van der Waals surface area contributed by atoms with Gasteiger partial charge in [-0.1, -0.05) is 30.3 Å². The molecule has 128 valence electrons. The summed E-state index contributed by atoms with van der Waals surface area (Å²) in [6.07, 6.45) is 1.24. The number of methoxy groups -OCH3 is 1. The number of para-hydroxylation sites is 1. The molecule has 6 heteroatoms. The van der Waals surface area contributed by atoms with Gasteiger partial charge in [0.25, 0.3) is 11.8 Å². The number of nitrogens with zero attached hydrogens (tertiary/aromatic N) is 1. The van der Waals surface area contributed by atoms with Gasteiger partial charge in [0.2, 0.25) is 0 Å². The zero-order valence-electron chi connectivity index (χ0n) is 13.7. The van der Waals surface area contributed by atoms with Crippen LogP contribution in [-0.4, -0.2) is 42.1 Å². The van der Waals surface area contributed by atoms with E-state index in [0.717, 1.165) is 21.8 Å². The number of amides is 2. The molecule has 2 amide bonds. The Bertz CT molecular complexity index is 845. The van der Waals surface area contributed by atoms with Gasteiger partial charge in [-0.25, -0.2) is 0 Å². The minimum atomic E-state index is -0.443. The van der Waals surface area contributed by atoms with Gasteiger partial charge >= 0.3 is 0 Å². The molecular weight excluding hydrogens is 320 g/mol. The summed E-state index contributed by atoms with van der Waals surface area (Å²) in [5, 5.41) is 11.9. The monoisotopic (exact) mass is 338 g/mol. The molecule has 0 unspecified atom stereocenters. The predicted octanol–water partition coefficient (Wildman–Crippen LogP) is 2.02. The van der Waals surface area contributed by atoms with E-state index in [1.54, 1.807) is 7.11 Å². The molecular formula is C19H18N2O4. The molecule has 0 fully saturated rings. The lowest BCUT2D eigenvalue weighted by atomic mass is 10.0. The van der Waals surface area contributed by atoms with Gasteiger partial charge in [-0.3, -0.25) is 14.5 Å². The van der Waals surface area contributed by atoms with E-state index in [4.69, 9.17) is 9.84 Å². The van der Waals surface area contributed by atoms with Crippen molar-refractivity contribution < 1.29 is 19.4 Å². The van der Waals surface area contributed by atoms with Gasteiger partial charge in [-0.05, 0) is 23.8 Å². The first-order chi connectivity index (χ1) is 12.1. The largest absolute Gasteiger partial charge is 0.496 e. The van der Waals surface area contributed by atoms with Crippen molar-refractivity contribution >= 4 is 17.5 Å². The lowest BCUT2D eigenvalue weighted by molar-refractivity contribution is -0.137. The number of imide groups is 1. The Kier molecular flexibility index (Phi) is 4.81. The highest BCUT2D eigenvalue weighted by molar-refractivity contribution is 6.17. The molecule has 0 saturated heterocycles. The van der Waals surface area contributed by atoms with Gasteiger partial charge in [-0.15, -0.1) is 0 Å². The van der Waals surface area contributed by atoms with Crippen LogP contribution in [0.4, 0.5) is 5.69 Å². The van der Waals surface area contributed by atoms with Gasteiger partial charge in [0, 0.05) is 17.3 Å². The smallest absolute Gasteiger partial charge is 0.277 e. The van der Waals surface area contributed by atoms with Crippen LogP contribution in [0.1, 0.15) is 0 Å². The number of aliphatic hydroxyl groups is 1. The zero-order chi connectivity index (χ0) is 17.8. The van der Waals surface area contributed by atoms with E-state index < -0.39 is 11.8 Å². The van der Waals surface area contributed by atoms with Crippen molar-refractivity contribution in [3.63, 3.8) is 0 Å². The number of ether oxygens (including phenoxy) is 1. The number of hydrogen-bond acceptors (Lipinski definition) is 5. The number of carbonyl (C=O) groups excluding carboxylic acids is 2. The summed E-state index contributed by atoms with van der Waals surface area (Å²) < 4.78 is 5.38. The van der Waals surface area contributed by atoms with Crippen LogP contribution in [-0.2, 0) is 9.59 Å². The SMILES string of the molecule is COc1ccccc1-c1cccc(NC2=CC(=O)N(CCO)C2=O)c1. The van der Waals surface area contributed by atoms with Crippen molar-refractivity contribution in [2.24, 2.45) is 0 Å². The number of hydrogen-bond donors (Lipinski definition) is 2. The second-order valence-corrected chi connectivity index (χ2v) is 5.48. The second-order valence-electron chi connectivity index (χ2n) is 5.48. The average molecular weight is 338 g/mol. The summed E-state index contributed by atoms with van der Waals surface area (Å²) in [6, 6.07) is 15.1. The molecule has 0 aliphatic carbocycles. The fraction of sp³-hybridized carbons (Fsp3) is 0.158. The Balaban J connectivity index is 1.85. The molecule has 0 bridgehead atoms. The van der Waals surface area contributed by atoms with E-state index in [1.165, 1.54) is 6.08 Å². The first-order valence-corrected chi connectivity index (χ1v) is 7.83. The second kappa shape index (κ2) is 7.19. The van der Waals surface area contributed by atoms with Crippen LogP contribution in [0.2, 0.25) is 0 Å². The number of anilines is 1. The van der Waals surface area contributed by atoms with Gasteiger partial charge < -0.3 is 15.2 Å². The van der Waals surface area contributed by atoms with Gasteiger partial charge in [0.15, 0.2) is 0 Å². The van der Waals surface area contributed by atoms with Crippen LogP contribution >= 0.6 is 0 Å². The highest BCUT2D eigenvalue weighted by Gasteiger charge is 2.30. The standard InChI is InChI=1S/C19H18N2O4/c1-25-17-8-3-2-7-15(17)13-5-4-6-14(11-13)20-16-12-18(23)21(9-10-22)19(16)24/h2-8,11-12,20,22H,9-10H2,1H3. The molecule has 2 N–H and O–H groups in total. The maximum absolute atomic E-state index is 12.2. The zero-order valence-corrected chi connectivity index (χ0v) is 13.7. The summed E-state index contributed by atoms with van der Waals surface area (Å²) in [6.45, 7) is -0.275. The van der Waals surface area contributed by atoms with Gasteiger partial charge in [0.05, 0.1) is 20.3 Å². The maximum Gasteiger partial charge on any atom is 0.277 e. The van der Waals surface area contributed by atoms with Crippen molar-refractivity contribution in [2.75, 3.05) is 25.6 Å². The van der Waals surface area contributed by atoms with Crippen molar-refractivity contribution in [1.82, 2.24) is 4.90 Å². The van der Waals surface area contributed by atoms with E-state index >= 15 is 0 Å². The number of carbonyl (C=O) groups is 2. The lowest BCUT2D eigenvalue weighted by Crippen LogP contribution is -2.34. The molecule has 0 aromatic heterocycles. The third-order valence-corrected chi connectivity index (χ3v) is 3.89. The molecule has 6 nitrogen and oxygen atoms in total. The minimum Gasteiger partial charge on any atom is -0.496 e. The number of β-amino-alcohol motifs (C(OH)–C–C–N with tert-alkyl or cyclic N) is 1. The van der Waals surface area contributed by atoms with Crippen LogP contribution in [0.3, 0.4) is 0 Å². The van der Waals surface area contributed by atoms with Crippen LogP contribution in [0, 0.1) is 0 Å². The third-order valence-electron chi connectivity index (χ3n) is 3.89. The molecule has 0 spiro atoms. The number of rotatable bonds is 6. The summed E-state index contributed by atoms with van der Waals surface area (Å²) in [4.78, 5) is 25.0. The fourth-order valence-corrected chi connectivity index (χ4v) is 2.71. The number of aliphatic hydroxyl groups excluding tert-OH is 1. The highest BCUT2D eigenvalue weighted by atomic mass is 16.5. The summed E-state index contributed by atoms with van der Waals surface area (Å²) in [5.74, 6) is -0.121. The third kappa shape index (κ3) is 3.39. The van der Waals surface area contributed by atoms with E-state index in [-0.39, 0.29) is 18.8 Å². The van der Waals surface area contributed by atoms with E-state index in [9.17, 15) is 9.59 Å². The number of benzene rings is 2. The minimum absolute atomic E-state index is 0.0133. The van der Waals surface area contributed by atoms with Crippen molar-refractivity contribution in [1.29, 1.82) is 0 Å². The Morgan fingerprint density at radius 2 is 1.92 bits per heavy atom. The van der Waals surface area contributed by atoms with E-state index in [0.29, 0.717) is 5.69 Å². The quantitative estimate of drug-likeness (QED) is 0.788. The van der Waals surface area contributed by atoms with Crippen LogP contribution in [0.25, 0.3) is 11.1 Å². The molecule has 2 aromatic carbocycles. The summed E-state index contributed by atoms with van der Waals surface area (Å²) in [5.41, 5.74) is 2.72. The number of nitrogens with one attached hydrogen (secondary N) is 1. The Labute approximate surface area is 145 Å². The first kappa shape index (κ1) is 16.7. The average Bonchev–Trinajstić information content (AvgIpc) is 2.90. The molecule has 3 rings (SSSR count). The summed E-state index contributed by atoms with van der Waals surface area (Å²) in [7, 11) is 1.62. The Hall–Kier alpha value is -3.12. The molecule has 1 heterocycles. The van der Waals surface area contributed by atoms with Crippen LogP contribution < -0.4 is 10.1 Å². The highest BCUT2D eigenvalue weighted by Crippen LogP contribution is 2.31. The Morgan fingerprint density at radius 3 is 2.68 bits per heavy atom. The van der Waals surface area contributed by atoms with Gasteiger partial charge in [0.1, 0.15) is 11.4 Å². The fourth-order valence-electron chi connectivity index (χ4n) is 2.71. The van der Waals surface area contributed by atoms with Crippen molar-refractivity contribution in [3.05, 3.63) is 60.3 Å². The molecule has 1 aliphatic heterocycles. The lowest BCUT2D eigenvalue weighted by Gasteiger charge is -2.14. The predicted molar refractivity (Wildman–Crippen MR) is 93.9 cm³/mol. The molecule has 0 radical (unpaired) electrons. The van der Waals surface area contributed by atoms with E-state index in [2.05, 4.69) is 5.32 Å². The molecule has 0 atom stereocenters.